The van der Waals surface area contributed by atoms with Crippen LogP contribution in [0.1, 0.15) is 0 Å². The van der Waals surface area contributed by atoms with E-state index in [9.17, 15) is 8.42 Å². The Morgan fingerprint density at radius 2 is 2.08 bits per heavy atom. The van der Waals surface area contributed by atoms with E-state index in [1.165, 1.54) is 10.6 Å². The lowest BCUT2D eigenvalue weighted by atomic mass is 10.2. The Balaban J connectivity index is 2.65. The molecule has 1 aliphatic heterocycles. The van der Waals surface area contributed by atoms with E-state index < -0.39 is 10.0 Å². The second-order valence-corrected chi connectivity index (χ2v) is 5.42. The van der Waals surface area contributed by atoms with Crippen LogP contribution in [0.15, 0.2) is 0 Å². The lowest BCUT2D eigenvalue weighted by molar-refractivity contribution is 0.0927. The van der Waals surface area contributed by atoms with Crippen molar-refractivity contribution < 1.29 is 13.5 Å². The maximum absolute atomic E-state index is 11.2. The van der Waals surface area contributed by atoms with E-state index >= 15 is 0 Å². The molecular weight excluding hydrogens is 192 g/mol. The van der Waals surface area contributed by atoms with Crippen molar-refractivity contribution in [3.8, 4) is 0 Å². The fourth-order valence-electron chi connectivity index (χ4n) is 1.42. The minimum atomic E-state index is -3.10. The molecule has 0 spiro atoms. The summed E-state index contributed by atoms with van der Waals surface area (Å²) in [6.07, 6.45) is 1.20. The molecule has 0 saturated carbocycles. The first-order chi connectivity index (χ1) is 5.95. The number of sulfonamides is 1. The standard InChI is InChI=1S/C7H16N2O3S/c1-8-3-4-9(13(2,11)12)5-7(8)6-10/h7,10H,3-6H2,1-2H3/t7-/m1/s1. The zero-order valence-electron chi connectivity index (χ0n) is 7.97. The fourth-order valence-corrected chi connectivity index (χ4v) is 2.27. The largest absolute Gasteiger partial charge is 0.395 e. The highest BCUT2D eigenvalue weighted by molar-refractivity contribution is 7.88. The Kier molecular flexibility index (Phi) is 3.28. The lowest BCUT2D eigenvalue weighted by Crippen LogP contribution is -2.54. The highest BCUT2D eigenvalue weighted by Crippen LogP contribution is 2.09. The summed E-state index contributed by atoms with van der Waals surface area (Å²) < 4.78 is 23.8. The zero-order valence-corrected chi connectivity index (χ0v) is 8.79. The van der Waals surface area contributed by atoms with Crippen LogP contribution >= 0.6 is 0 Å². The Morgan fingerprint density at radius 3 is 2.54 bits per heavy atom. The van der Waals surface area contributed by atoms with Gasteiger partial charge >= 0.3 is 0 Å². The Hall–Kier alpha value is -0.170. The van der Waals surface area contributed by atoms with Crippen molar-refractivity contribution in [2.75, 3.05) is 39.5 Å². The molecule has 0 bridgehead atoms. The van der Waals surface area contributed by atoms with Gasteiger partial charge in [0.15, 0.2) is 0 Å². The van der Waals surface area contributed by atoms with Gasteiger partial charge in [-0.05, 0) is 7.05 Å². The van der Waals surface area contributed by atoms with Gasteiger partial charge in [-0.25, -0.2) is 8.42 Å². The number of aliphatic hydroxyl groups excluding tert-OH is 1. The number of nitrogens with zero attached hydrogens (tertiary/aromatic N) is 2. The van der Waals surface area contributed by atoms with Gasteiger partial charge in [-0.15, -0.1) is 0 Å². The molecule has 0 amide bonds. The zero-order chi connectivity index (χ0) is 10.1. The van der Waals surface area contributed by atoms with Gasteiger partial charge in [0.2, 0.25) is 10.0 Å². The first-order valence-electron chi connectivity index (χ1n) is 4.21. The van der Waals surface area contributed by atoms with Gasteiger partial charge in [0, 0.05) is 25.7 Å². The summed E-state index contributed by atoms with van der Waals surface area (Å²) in [5.74, 6) is 0. The summed E-state index contributed by atoms with van der Waals surface area (Å²) in [6, 6.07) is -0.0662. The lowest BCUT2D eigenvalue weighted by Gasteiger charge is -2.37. The topological polar surface area (TPSA) is 60.9 Å². The molecule has 0 unspecified atom stereocenters. The van der Waals surface area contributed by atoms with Crippen molar-refractivity contribution in [1.82, 2.24) is 9.21 Å². The van der Waals surface area contributed by atoms with Crippen LogP contribution < -0.4 is 0 Å². The van der Waals surface area contributed by atoms with Crippen molar-refractivity contribution >= 4 is 10.0 Å². The molecule has 1 rings (SSSR count). The van der Waals surface area contributed by atoms with Gasteiger partial charge < -0.3 is 5.11 Å². The average Bonchev–Trinajstić information content (AvgIpc) is 2.03. The van der Waals surface area contributed by atoms with Crippen molar-refractivity contribution in [3.63, 3.8) is 0 Å². The number of hydrogen-bond donors (Lipinski definition) is 1. The number of piperazine rings is 1. The predicted molar refractivity (Wildman–Crippen MR) is 49.9 cm³/mol. The number of hydrogen-bond acceptors (Lipinski definition) is 4. The van der Waals surface area contributed by atoms with Gasteiger partial charge in [0.1, 0.15) is 0 Å². The first kappa shape index (κ1) is 10.9. The molecule has 1 fully saturated rings. The summed E-state index contributed by atoms with van der Waals surface area (Å²) in [6.45, 7) is 1.60. The third-order valence-corrected chi connectivity index (χ3v) is 3.69. The minimum Gasteiger partial charge on any atom is -0.395 e. The summed E-state index contributed by atoms with van der Waals surface area (Å²) in [5.41, 5.74) is 0. The van der Waals surface area contributed by atoms with E-state index in [0.29, 0.717) is 19.6 Å². The van der Waals surface area contributed by atoms with Crippen LogP contribution in [0.2, 0.25) is 0 Å². The van der Waals surface area contributed by atoms with E-state index in [2.05, 4.69) is 0 Å². The maximum Gasteiger partial charge on any atom is 0.211 e. The molecule has 78 valence electrons. The molecule has 1 N–H and O–H groups in total. The molecule has 0 aromatic heterocycles. The van der Waals surface area contributed by atoms with E-state index in [1.807, 2.05) is 11.9 Å². The summed E-state index contributed by atoms with van der Waals surface area (Å²) >= 11 is 0. The molecule has 1 atom stereocenters. The van der Waals surface area contributed by atoms with Gasteiger partial charge in [0.05, 0.1) is 12.9 Å². The van der Waals surface area contributed by atoms with Crippen molar-refractivity contribution in [3.05, 3.63) is 0 Å². The monoisotopic (exact) mass is 208 g/mol. The average molecular weight is 208 g/mol. The van der Waals surface area contributed by atoms with E-state index in [1.54, 1.807) is 0 Å². The summed E-state index contributed by atoms with van der Waals surface area (Å²) in [5, 5.41) is 8.98. The molecule has 0 aromatic rings. The SMILES string of the molecule is CN1CCN(S(C)(=O)=O)C[C@@H]1CO. The van der Waals surface area contributed by atoms with Gasteiger partial charge in [0.25, 0.3) is 0 Å². The predicted octanol–water partition coefficient (Wildman–Crippen LogP) is -1.45. The van der Waals surface area contributed by atoms with Crippen LogP contribution in [-0.4, -0.2) is 68.3 Å². The van der Waals surface area contributed by atoms with Gasteiger partial charge in [-0.1, -0.05) is 0 Å². The molecule has 1 heterocycles. The molecule has 5 nitrogen and oxygen atoms in total. The smallest absolute Gasteiger partial charge is 0.211 e. The molecular formula is C7H16N2O3S. The van der Waals surface area contributed by atoms with E-state index in [4.69, 9.17) is 5.11 Å². The molecule has 0 aliphatic carbocycles. The van der Waals surface area contributed by atoms with Crippen molar-refractivity contribution in [1.29, 1.82) is 0 Å². The Bertz CT molecular complexity index is 265. The van der Waals surface area contributed by atoms with Crippen LogP contribution in [0.5, 0.6) is 0 Å². The van der Waals surface area contributed by atoms with Crippen LogP contribution in [0.3, 0.4) is 0 Å². The Labute approximate surface area is 79.0 Å². The molecule has 13 heavy (non-hydrogen) atoms. The van der Waals surface area contributed by atoms with Crippen molar-refractivity contribution in [2.24, 2.45) is 0 Å². The van der Waals surface area contributed by atoms with E-state index in [0.717, 1.165) is 0 Å². The second kappa shape index (κ2) is 3.91. The van der Waals surface area contributed by atoms with Crippen LogP contribution in [-0.2, 0) is 10.0 Å². The van der Waals surface area contributed by atoms with Crippen molar-refractivity contribution in [2.45, 2.75) is 6.04 Å². The minimum absolute atomic E-state index is 0.00250. The number of likely N-dealkylation sites (N-methyl/N-ethyl adjacent to an activating group) is 1. The number of aliphatic hydroxyl groups is 1. The van der Waals surface area contributed by atoms with Crippen LogP contribution in [0, 0.1) is 0 Å². The molecule has 0 aromatic carbocycles. The maximum atomic E-state index is 11.2. The van der Waals surface area contributed by atoms with Gasteiger partial charge in [-0.2, -0.15) is 4.31 Å². The molecule has 6 heteroatoms. The first-order valence-corrected chi connectivity index (χ1v) is 6.06. The highest BCUT2D eigenvalue weighted by Gasteiger charge is 2.28. The highest BCUT2D eigenvalue weighted by atomic mass is 32.2. The third-order valence-electron chi connectivity index (χ3n) is 2.42. The molecule has 1 aliphatic rings. The Morgan fingerprint density at radius 1 is 1.46 bits per heavy atom. The van der Waals surface area contributed by atoms with Crippen LogP contribution in [0.4, 0.5) is 0 Å². The number of rotatable bonds is 2. The van der Waals surface area contributed by atoms with Crippen LogP contribution in [0.25, 0.3) is 0 Å². The molecule has 0 radical (unpaired) electrons. The normalized spacial score (nSPS) is 27.8. The fraction of sp³-hybridized carbons (Fsp3) is 1.00. The second-order valence-electron chi connectivity index (χ2n) is 3.44. The third kappa shape index (κ3) is 2.63. The quantitative estimate of drug-likeness (QED) is 0.603. The molecule has 1 saturated heterocycles. The summed E-state index contributed by atoms with van der Waals surface area (Å²) in [7, 11) is -1.21. The van der Waals surface area contributed by atoms with E-state index in [-0.39, 0.29) is 12.6 Å². The van der Waals surface area contributed by atoms with Gasteiger partial charge in [-0.3, -0.25) is 4.90 Å². The summed E-state index contributed by atoms with van der Waals surface area (Å²) in [4.78, 5) is 1.97.